The molecular formula is C27H34N6O2. The van der Waals surface area contributed by atoms with Gasteiger partial charge in [-0.25, -0.2) is 4.68 Å². The third-order valence-electron chi connectivity index (χ3n) is 7.21. The standard InChI is InChI=1S/C27H34N6O2/c1-18(2)25(26-29-30-31-33(26)22-11-5-4-6-12-22)32(17-23-13-8-14-35-23)16-21-15-20-10-7-9-19(3)24(20)28-27(21)34/h7-10,13-15,18,22,25H,4-6,11-12,16-17H2,1-3H3,(H,28,34)/t25-/m0/s1. The lowest BCUT2D eigenvalue weighted by Gasteiger charge is -2.34. The van der Waals surface area contributed by atoms with Crippen LogP contribution in [0, 0.1) is 12.8 Å². The second-order valence-electron chi connectivity index (χ2n) is 10.1. The third kappa shape index (κ3) is 4.93. The lowest BCUT2D eigenvalue weighted by atomic mass is 9.94. The molecule has 184 valence electrons. The van der Waals surface area contributed by atoms with Gasteiger partial charge in [0.15, 0.2) is 5.82 Å². The zero-order valence-corrected chi connectivity index (χ0v) is 20.8. The Morgan fingerprint density at radius 2 is 1.97 bits per heavy atom. The molecule has 3 aromatic heterocycles. The Kier molecular flexibility index (Phi) is 6.81. The van der Waals surface area contributed by atoms with Gasteiger partial charge in [0.1, 0.15) is 5.76 Å². The Balaban J connectivity index is 1.54. The average molecular weight is 475 g/mol. The summed E-state index contributed by atoms with van der Waals surface area (Å²) in [5.74, 6) is 1.94. The number of hydrogen-bond donors (Lipinski definition) is 1. The molecule has 0 bridgehead atoms. The van der Waals surface area contributed by atoms with E-state index in [1.807, 2.05) is 48.0 Å². The number of aromatic amines is 1. The summed E-state index contributed by atoms with van der Waals surface area (Å²) in [5, 5.41) is 14.1. The van der Waals surface area contributed by atoms with Crippen LogP contribution in [0.15, 0.2) is 51.9 Å². The van der Waals surface area contributed by atoms with Crippen LogP contribution in [0.25, 0.3) is 10.9 Å². The Bertz CT molecular complexity index is 1320. The summed E-state index contributed by atoms with van der Waals surface area (Å²) in [5.41, 5.74) is 2.61. The highest BCUT2D eigenvalue weighted by Gasteiger charge is 2.32. The van der Waals surface area contributed by atoms with Gasteiger partial charge in [-0.1, -0.05) is 51.3 Å². The minimum absolute atomic E-state index is 0.0642. The molecule has 1 saturated carbocycles. The van der Waals surface area contributed by atoms with Crippen molar-refractivity contribution in [3.05, 3.63) is 75.7 Å². The number of H-pyrrole nitrogens is 1. The molecule has 0 spiro atoms. The predicted octanol–water partition coefficient (Wildman–Crippen LogP) is 5.32. The van der Waals surface area contributed by atoms with Gasteiger partial charge >= 0.3 is 0 Å². The van der Waals surface area contributed by atoms with Crippen LogP contribution in [0.2, 0.25) is 0 Å². The number of nitrogens with one attached hydrogen (secondary N) is 1. The molecule has 0 aliphatic heterocycles. The molecule has 4 aromatic rings. The van der Waals surface area contributed by atoms with Crippen LogP contribution >= 0.6 is 0 Å². The molecule has 8 heteroatoms. The first-order valence-corrected chi connectivity index (χ1v) is 12.7. The molecule has 0 saturated heterocycles. The number of hydrogen-bond acceptors (Lipinski definition) is 6. The molecule has 1 fully saturated rings. The van der Waals surface area contributed by atoms with Crippen molar-refractivity contribution in [2.45, 2.75) is 78.0 Å². The van der Waals surface area contributed by atoms with Gasteiger partial charge in [0.05, 0.1) is 30.4 Å². The van der Waals surface area contributed by atoms with Crippen molar-refractivity contribution in [2.24, 2.45) is 5.92 Å². The zero-order valence-electron chi connectivity index (χ0n) is 20.8. The number of rotatable bonds is 8. The number of para-hydroxylation sites is 1. The number of tetrazole rings is 1. The summed E-state index contributed by atoms with van der Waals surface area (Å²) < 4.78 is 7.77. The SMILES string of the molecule is Cc1cccc2cc(CN(Cc3ccco3)[C@H](c3nnnn3C3CCCCC3)C(C)C)c(=O)[nH]c12. The van der Waals surface area contributed by atoms with Crippen LogP contribution in [-0.2, 0) is 13.1 Å². The van der Waals surface area contributed by atoms with Gasteiger partial charge in [0, 0.05) is 12.1 Å². The summed E-state index contributed by atoms with van der Waals surface area (Å²) in [6.45, 7) is 7.40. The van der Waals surface area contributed by atoms with Gasteiger partial charge in [-0.3, -0.25) is 9.69 Å². The number of nitrogens with zero attached hydrogens (tertiary/aromatic N) is 5. The molecule has 1 aliphatic rings. The number of pyridine rings is 1. The van der Waals surface area contributed by atoms with E-state index in [1.54, 1.807) is 6.26 Å². The Labute approximate surface area is 205 Å². The molecule has 0 unspecified atom stereocenters. The topological polar surface area (TPSA) is 92.8 Å². The maximum Gasteiger partial charge on any atom is 0.252 e. The van der Waals surface area contributed by atoms with Crippen molar-refractivity contribution in [1.82, 2.24) is 30.1 Å². The first kappa shape index (κ1) is 23.5. The van der Waals surface area contributed by atoms with Crippen molar-refractivity contribution in [1.29, 1.82) is 0 Å². The zero-order chi connectivity index (χ0) is 24.4. The lowest BCUT2D eigenvalue weighted by molar-refractivity contribution is 0.112. The van der Waals surface area contributed by atoms with Crippen molar-refractivity contribution < 1.29 is 4.42 Å². The molecule has 1 aromatic carbocycles. The molecule has 5 rings (SSSR count). The van der Waals surface area contributed by atoms with Crippen molar-refractivity contribution in [3.63, 3.8) is 0 Å². The Morgan fingerprint density at radius 1 is 1.14 bits per heavy atom. The molecule has 0 radical (unpaired) electrons. The predicted molar refractivity (Wildman–Crippen MR) is 135 cm³/mol. The quantitative estimate of drug-likeness (QED) is 0.371. The summed E-state index contributed by atoms with van der Waals surface area (Å²) in [4.78, 5) is 18.5. The fourth-order valence-corrected chi connectivity index (χ4v) is 5.48. The van der Waals surface area contributed by atoms with E-state index < -0.39 is 0 Å². The fourth-order valence-electron chi connectivity index (χ4n) is 5.48. The maximum atomic E-state index is 13.2. The van der Waals surface area contributed by atoms with Crippen molar-refractivity contribution in [3.8, 4) is 0 Å². The van der Waals surface area contributed by atoms with E-state index in [1.165, 1.54) is 19.3 Å². The Hall–Kier alpha value is -3.26. The first-order chi connectivity index (χ1) is 17.0. The van der Waals surface area contributed by atoms with E-state index in [0.717, 1.165) is 46.5 Å². The van der Waals surface area contributed by atoms with Gasteiger partial charge < -0.3 is 9.40 Å². The summed E-state index contributed by atoms with van der Waals surface area (Å²) >= 11 is 0. The van der Waals surface area contributed by atoms with Crippen LogP contribution in [0.4, 0.5) is 0 Å². The van der Waals surface area contributed by atoms with Crippen molar-refractivity contribution >= 4 is 10.9 Å². The fraction of sp³-hybridized carbons (Fsp3) is 0.481. The second-order valence-corrected chi connectivity index (χ2v) is 10.1. The van der Waals surface area contributed by atoms with Crippen LogP contribution in [-0.4, -0.2) is 30.1 Å². The minimum atomic E-state index is -0.0790. The second kappa shape index (κ2) is 10.2. The lowest BCUT2D eigenvalue weighted by Crippen LogP contribution is -2.36. The number of aromatic nitrogens is 5. The first-order valence-electron chi connectivity index (χ1n) is 12.7. The molecular weight excluding hydrogens is 440 g/mol. The van der Waals surface area contributed by atoms with E-state index in [2.05, 4.69) is 39.3 Å². The van der Waals surface area contributed by atoms with Gasteiger partial charge in [0.25, 0.3) is 5.56 Å². The van der Waals surface area contributed by atoms with Gasteiger partial charge in [-0.05, 0) is 65.3 Å². The van der Waals surface area contributed by atoms with Gasteiger partial charge in [0.2, 0.25) is 0 Å². The van der Waals surface area contributed by atoms with Gasteiger partial charge in [-0.2, -0.15) is 0 Å². The van der Waals surface area contributed by atoms with Crippen LogP contribution in [0.5, 0.6) is 0 Å². The molecule has 0 amide bonds. The van der Waals surface area contributed by atoms with E-state index in [9.17, 15) is 4.79 Å². The van der Waals surface area contributed by atoms with E-state index in [-0.39, 0.29) is 17.5 Å². The number of furan rings is 1. The number of aryl methyl sites for hydroxylation is 1. The number of benzene rings is 1. The average Bonchev–Trinajstić information content (AvgIpc) is 3.53. The largest absolute Gasteiger partial charge is 0.468 e. The van der Waals surface area contributed by atoms with Crippen LogP contribution < -0.4 is 5.56 Å². The highest BCUT2D eigenvalue weighted by molar-refractivity contribution is 5.81. The van der Waals surface area contributed by atoms with Crippen molar-refractivity contribution in [2.75, 3.05) is 0 Å². The van der Waals surface area contributed by atoms with Gasteiger partial charge in [-0.15, -0.1) is 5.10 Å². The number of fused-ring (bicyclic) bond motifs is 1. The van der Waals surface area contributed by atoms with Crippen LogP contribution in [0.3, 0.4) is 0 Å². The monoisotopic (exact) mass is 474 g/mol. The van der Waals surface area contributed by atoms with E-state index in [0.29, 0.717) is 19.1 Å². The Morgan fingerprint density at radius 3 is 2.71 bits per heavy atom. The third-order valence-corrected chi connectivity index (χ3v) is 7.21. The molecule has 3 heterocycles. The highest BCUT2D eigenvalue weighted by atomic mass is 16.3. The summed E-state index contributed by atoms with van der Waals surface area (Å²) in [7, 11) is 0. The van der Waals surface area contributed by atoms with Crippen LogP contribution in [0.1, 0.15) is 80.7 Å². The minimum Gasteiger partial charge on any atom is -0.468 e. The molecule has 1 N–H and O–H groups in total. The summed E-state index contributed by atoms with van der Waals surface area (Å²) in [6.07, 6.45) is 7.58. The molecule has 1 aliphatic carbocycles. The van der Waals surface area contributed by atoms with E-state index >= 15 is 0 Å². The normalized spacial score (nSPS) is 15.9. The smallest absolute Gasteiger partial charge is 0.252 e. The maximum absolute atomic E-state index is 13.2. The van der Waals surface area contributed by atoms with E-state index in [4.69, 9.17) is 4.42 Å². The summed E-state index contributed by atoms with van der Waals surface area (Å²) in [6, 6.07) is 12.2. The molecule has 8 nitrogen and oxygen atoms in total. The molecule has 1 atom stereocenters. The molecule has 35 heavy (non-hydrogen) atoms. The highest BCUT2D eigenvalue weighted by Crippen LogP contribution is 2.34.